The first-order valence-electron chi connectivity index (χ1n) is 8.52. The zero-order valence-electron chi connectivity index (χ0n) is 14.1. The van der Waals surface area contributed by atoms with Crippen molar-refractivity contribution in [1.82, 2.24) is 9.97 Å². The van der Waals surface area contributed by atoms with Gasteiger partial charge in [0, 0.05) is 28.9 Å². The van der Waals surface area contributed by atoms with Crippen molar-refractivity contribution in [3.8, 4) is 0 Å². The fraction of sp³-hybridized carbons (Fsp3) is 0.0476. The van der Waals surface area contributed by atoms with E-state index in [1.807, 2.05) is 36.4 Å². The van der Waals surface area contributed by atoms with Crippen LogP contribution in [0.3, 0.4) is 0 Å². The van der Waals surface area contributed by atoms with Gasteiger partial charge in [0.15, 0.2) is 5.13 Å². The average Bonchev–Trinajstić information content (AvgIpc) is 3.12. The minimum absolute atomic E-state index is 0.225. The molecule has 4 nitrogen and oxygen atoms in total. The molecule has 2 N–H and O–H groups in total. The van der Waals surface area contributed by atoms with E-state index in [4.69, 9.17) is 4.98 Å². The van der Waals surface area contributed by atoms with Crippen LogP contribution in [0.4, 0.5) is 9.52 Å². The number of pyridine rings is 1. The maximum Gasteiger partial charge on any atom is 0.256 e. The number of fused-ring (bicyclic) bond motifs is 6. The van der Waals surface area contributed by atoms with Gasteiger partial charge in [0.2, 0.25) is 0 Å². The number of thiazole rings is 1. The monoisotopic (exact) mass is 375 g/mol. The smallest absolute Gasteiger partial charge is 0.256 e. The highest BCUT2D eigenvalue weighted by Crippen LogP contribution is 2.38. The van der Waals surface area contributed by atoms with Gasteiger partial charge in [0.25, 0.3) is 5.56 Å². The fourth-order valence-corrected chi connectivity index (χ4v) is 4.41. The zero-order valence-corrected chi connectivity index (χ0v) is 14.9. The van der Waals surface area contributed by atoms with Gasteiger partial charge in [0.05, 0.1) is 15.6 Å². The second-order valence-corrected chi connectivity index (χ2v) is 7.32. The molecule has 0 radical (unpaired) electrons. The van der Waals surface area contributed by atoms with Gasteiger partial charge in [-0.05, 0) is 29.8 Å². The van der Waals surface area contributed by atoms with Crippen LogP contribution in [0, 0.1) is 5.82 Å². The Morgan fingerprint density at radius 1 is 1.04 bits per heavy atom. The van der Waals surface area contributed by atoms with Crippen LogP contribution in [-0.2, 0) is 6.54 Å². The number of nitrogens with zero attached hydrogens (tertiary/aromatic N) is 1. The Balaban J connectivity index is 1.74. The Bertz CT molecular complexity index is 1360. The summed E-state index contributed by atoms with van der Waals surface area (Å²) in [5, 5.41) is 6.77. The second kappa shape index (κ2) is 6.17. The highest BCUT2D eigenvalue weighted by molar-refractivity contribution is 7.23. The number of hydrogen-bond acceptors (Lipinski definition) is 4. The third-order valence-electron chi connectivity index (χ3n) is 4.63. The molecule has 0 aliphatic rings. The van der Waals surface area contributed by atoms with E-state index in [0.29, 0.717) is 17.3 Å². The molecule has 0 aliphatic carbocycles. The third kappa shape index (κ3) is 2.65. The van der Waals surface area contributed by atoms with Crippen molar-refractivity contribution in [2.45, 2.75) is 6.54 Å². The molecule has 0 bridgehead atoms. The first-order valence-corrected chi connectivity index (χ1v) is 9.33. The minimum Gasteiger partial charge on any atom is -0.357 e. The van der Waals surface area contributed by atoms with E-state index in [2.05, 4.69) is 10.3 Å². The Morgan fingerprint density at radius 2 is 1.89 bits per heavy atom. The summed E-state index contributed by atoms with van der Waals surface area (Å²) in [5.74, 6) is -0.371. The number of H-pyrrole nitrogens is 1. The normalized spacial score (nSPS) is 11.4. The number of halogens is 1. The maximum atomic E-state index is 13.9. The lowest BCUT2D eigenvalue weighted by Gasteiger charge is -2.05. The molecule has 0 amide bonds. The third-order valence-corrected chi connectivity index (χ3v) is 5.67. The number of benzene rings is 3. The van der Waals surface area contributed by atoms with Gasteiger partial charge >= 0.3 is 0 Å². The summed E-state index contributed by atoms with van der Waals surface area (Å²) >= 11 is 1.51. The van der Waals surface area contributed by atoms with Crippen LogP contribution < -0.4 is 10.9 Å². The van der Waals surface area contributed by atoms with Crippen molar-refractivity contribution < 1.29 is 4.39 Å². The quantitative estimate of drug-likeness (QED) is 0.434. The topological polar surface area (TPSA) is 57.8 Å². The molecule has 5 aromatic rings. The lowest BCUT2D eigenvalue weighted by molar-refractivity contribution is 0.630. The van der Waals surface area contributed by atoms with E-state index >= 15 is 0 Å². The standard InChI is InChI=1S/C21H14FN3OS/c22-13-6-7-14-16(10-13)17-15(8-9-23-20(17)26)19-18(14)25-21(27-19)24-11-12-4-2-1-3-5-12/h1-10H,11H2,(H,23,26)(H,24,25). The van der Waals surface area contributed by atoms with Gasteiger partial charge in [-0.15, -0.1) is 0 Å². The predicted octanol–water partition coefficient (Wildman–Crippen LogP) is 5.04. The van der Waals surface area contributed by atoms with E-state index in [1.54, 1.807) is 12.3 Å². The van der Waals surface area contributed by atoms with Crippen LogP contribution in [0.25, 0.3) is 31.8 Å². The Hall–Kier alpha value is -3.25. The van der Waals surface area contributed by atoms with E-state index in [-0.39, 0.29) is 11.4 Å². The second-order valence-electron chi connectivity index (χ2n) is 6.32. The van der Waals surface area contributed by atoms with Crippen LogP contribution in [0.15, 0.2) is 65.6 Å². The molecule has 5 rings (SSSR count). The number of aromatic amines is 1. The zero-order chi connectivity index (χ0) is 18.4. The van der Waals surface area contributed by atoms with E-state index in [0.717, 1.165) is 31.7 Å². The van der Waals surface area contributed by atoms with Crippen LogP contribution in [0.2, 0.25) is 0 Å². The summed E-state index contributed by atoms with van der Waals surface area (Å²) in [6, 6.07) is 16.4. The summed E-state index contributed by atoms with van der Waals surface area (Å²) in [5.41, 5.74) is 1.71. The first kappa shape index (κ1) is 16.0. The van der Waals surface area contributed by atoms with Crippen molar-refractivity contribution in [3.05, 3.63) is 82.5 Å². The summed E-state index contributed by atoms with van der Waals surface area (Å²) in [7, 11) is 0. The van der Waals surface area contributed by atoms with Crippen molar-refractivity contribution >= 4 is 48.2 Å². The van der Waals surface area contributed by atoms with Gasteiger partial charge < -0.3 is 10.3 Å². The number of hydrogen-bond donors (Lipinski definition) is 2. The maximum absolute atomic E-state index is 13.9. The summed E-state index contributed by atoms with van der Waals surface area (Å²) < 4.78 is 14.8. The van der Waals surface area contributed by atoms with Crippen LogP contribution in [0.5, 0.6) is 0 Å². The minimum atomic E-state index is -0.371. The average molecular weight is 375 g/mol. The molecule has 132 valence electrons. The summed E-state index contributed by atoms with van der Waals surface area (Å²) in [6.45, 7) is 0.658. The van der Waals surface area contributed by atoms with Crippen LogP contribution in [0.1, 0.15) is 5.56 Å². The molecule has 0 fully saturated rings. The molecular weight excluding hydrogens is 361 g/mol. The molecular formula is C21H14FN3OS. The Kier molecular flexibility index (Phi) is 3.65. The lowest BCUT2D eigenvalue weighted by atomic mass is 10.0. The van der Waals surface area contributed by atoms with Crippen molar-refractivity contribution in [3.63, 3.8) is 0 Å². The van der Waals surface area contributed by atoms with Crippen molar-refractivity contribution in [2.24, 2.45) is 0 Å². The van der Waals surface area contributed by atoms with E-state index in [1.165, 1.54) is 23.5 Å². The molecule has 27 heavy (non-hydrogen) atoms. The highest BCUT2D eigenvalue weighted by Gasteiger charge is 2.16. The van der Waals surface area contributed by atoms with Gasteiger partial charge in [-0.2, -0.15) is 0 Å². The van der Waals surface area contributed by atoms with E-state index in [9.17, 15) is 9.18 Å². The van der Waals surface area contributed by atoms with Gasteiger partial charge in [-0.25, -0.2) is 9.37 Å². The highest BCUT2D eigenvalue weighted by atomic mass is 32.1. The number of aromatic nitrogens is 2. The molecule has 2 heterocycles. The lowest BCUT2D eigenvalue weighted by Crippen LogP contribution is -2.05. The molecule has 0 aliphatic heterocycles. The molecule has 6 heteroatoms. The van der Waals surface area contributed by atoms with E-state index < -0.39 is 0 Å². The molecule has 0 spiro atoms. The largest absolute Gasteiger partial charge is 0.357 e. The number of rotatable bonds is 3. The number of nitrogens with one attached hydrogen (secondary N) is 2. The molecule has 2 aromatic heterocycles. The summed E-state index contributed by atoms with van der Waals surface area (Å²) in [4.78, 5) is 19.9. The van der Waals surface area contributed by atoms with Gasteiger partial charge in [-0.3, -0.25) is 4.79 Å². The number of anilines is 1. The van der Waals surface area contributed by atoms with Crippen molar-refractivity contribution in [1.29, 1.82) is 0 Å². The first-order chi connectivity index (χ1) is 13.2. The SMILES string of the molecule is O=c1[nH]ccc2c3sc(NCc4ccccc4)nc3c3ccc(F)cc3c12. The molecule has 3 aromatic carbocycles. The Labute approximate surface area is 157 Å². The van der Waals surface area contributed by atoms with Crippen LogP contribution >= 0.6 is 11.3 Å². The van der Waals surface area contributed by atoms with Gasteiger partial charge in [-0.1, -0.05) is 41.7 Å². The fourth-order valence-electron chi connectivity index (χ4n) is 3.40. The van der Waals surface area contributed by atoms with Crippen molar-refractivity contribution in [2.75, 3.05) is 5.32 Å². The molecule has 0 atom stereocenters. The Morgan fingerprint density at radius 3 is 2.74 bits per heavy atom. The van der Waals surface area contributed by atoms with Gasteiger partial charge in [0.1, 0.15) is 5.82 Å². The van der Waals surface area contributed by atoms with Crippen LogP contribution in [-0.4, -0.2) is 9.97 Å². The molecule has 0 unspecified atom stereocenters. The predicted molar refractivity (Wildman–Crippen MR) is 109 cm³/mol. The molecule has 0 saturated carbocycles. The molecule has 0 saturated heterocycles. The summed E-state index contributed by atoms with van der Waals surface area (Å²) in [6.07, 6.45) is 1.62.